The molecule has 1 aliphatic heterocycles. The summed E-state index contributed by atoms with van der Waals surface area (Å²) in [7, 11) is 0. The Labute approximate surface area is 93.6 Å². The molecule has 0 spiro atoms. The highest BCUT2D eigenvalue weighted by Gasteiger charge is 2.46. The van der Waals surface area contributed by atoms with Gasteiger partial charge < -0.3 is 36.6 Å². The van der Waals surface area contributed by atoms with E-state index in [2.05, 4.69) is 0 Å². The summed E-state index contributed by atoms with van der Waals surface area (Å²) in [6.45, 7) is 0.791. The third kappa shape index (κ3) is 2.69. The van der Waals surface area contributed by atoms with Crippen LogP contribution in [0.15, 0.2) is 0 Å². The van der Waals surface area contributed by atoms with Gasteiger partial charge in [0.05, 0.1) is 37.0 Å². The van der Waals surface area contributed by atoms with E-state index >= 15 is 0 Å². The van der Waals surface area contributed by atoms with Crippen molar-refractivity contribution in [3.05, 3.63) is 0 Å². The van der Waals surface area contributed by atoms with E-state index in [1.54, 1.807) is 0 Å². The molecular weight excluding hydrogens is 216 g/mol. The highest BCUT2D eigenvalue weighted by Crippen LogP contribution is 2.28. The van der Waals surface area contributed by atoms with Crippen molar-refractivity contribution in [1.82, 2.24) is 0 Å². The Hall–Kier alpha value is -0.280. The molecule has 0 aromatic heterocycles. The van der Waals surface area contributed by atoms with E-state index in [1.807, 2.05) is 0 Å². The van der Waals surface area contributed by atoms with Gasteiger partial charge in [0.1, 0.15) is 0 Å². The molecule has 0 amide bonds. The van der Waals surface area contributed by atoms with Crippen LogP contribution in [0.5, 0.6) is 0 Å². The average molecular weight is 236 g/mol. The summed E-state index contributed by atoms with van der Waals surface area (Å²) in [4.78, 5) is 0. The molecule has 1 fully saturated rings. The first-order valence-electron chi connectivity index (χ1n) is 5.19. The van der Waals surface area contributed by atoms with Crippen molar-refractivity contribution in [1.29, 1.82) is 0 Å². The Morgan fingerprint density at radius 2 is 2.12 bits per heavy atom. The van der Waals surface area contributed by atoms with Gasteiger partial charge in [-0.2, -0.15) is 0 Å². The highest BCUT2D eigenvalue weighted by molar-refractivity contribution is 4.97. The van der Waals surface area contributed by atoms with E-state index < -0.39 is 42.8 Å². The maximum Gasteiger partial charge on any atom is 0.192 e. The van der Waals surface area contributed by atoms with Crippen LogP contribution in [0.25, 0.3) is 0 Å². The van der Waals surface area contributed by atoms with E-state index in [-0.39, 0.29) is 6.42 Å². The number of rotatable bonds is 3. The molecule has 7 nitrogen and oxygen atoms in total. The molecule has 6 atom stereocenters. The first-order chi connectivity index (χ1) is 7.30. The van der Waals surface area contributed by atoms with Gasteiger partial charge in [0.25, 0.3) is 0 Å². The molecule has 7 heteroatoms. The fourth-order valence-corrected chi connectivity index (χ4v) is 1.77. The van der Waals surface area contributed by atoms with Crippen molar-refractivity contribution in [2.24, 2.45) is 11.5 Å². The summed E-state index contributed by atoms with van der Waals surface area (Å²) in [5.41, 5.74) is 11.3. The van der Waals surface area contributed by atoms with Crippen molar-refractivity contribution in [2.45, 2.75) is 49.5 Å². The normalized spacial score (nSPS) is 44.1. The summed E-state index contributed by atoms with van der Waals surface area (Å²) in [6, 6.07) is -1.65. The fourth-order valence-electron chi connectivity index (χ4n) is 1.77. The molecular formula is C9H20N2O5. The maximum atomic E-state index is 9.74. The van der Waals surface area contributed by atoms with E-state index in [0.29, 0.717) is 0 Å². The van der Waals surface area contributed by atoms with Crippen LogP contribution in [0.4, 0.5) is 0 Å². The topological polar surface area (TPSA) is 142 Å². The smallest absolute Gasteiger partial charge is 0.192 e. The largest absolute Gasteiger partial charge is 0.392 e. The van der Waals surface area contributed by atoms with Gasteiger partial charge in [-0.25, -0.2) is 0 Å². The van der Waals surface area contributed by atoms with Crippen LogP contribution >= 0.6 is 0 Å². The van der Waals surface area contributed by atoms with Crippen molar-refractivity contribution >= 4 is 0 Å². The second-order valence-corrected chi connectivity index (χ2v) is 4.35. The zero-order chi connectivity index (χ0) is 12.5. The van der Waals surface area contributed by atoms with Gasteiger partial charge in [-0.3, -0.25) is 0 Å². The molecule has 16 heavy (non-hydrogen) atoms. The summed E-state index contributed by atoms with van der Waals surface area (Å²) in [5, 5.41) is 37.7. The lowest BCUT2D eigenvalue weighted by Gasteiger charge is -2.44. The summed E-state index contributed by atoms with van der Waals surface area (Å²) in [6.07, 6.45) is -3.04. The molecule has 0 bridgehead atoms. The van der Waals surface area contributed by atoms with E-state index in [9.17, 15) is 15.3 Å². The number of nitrogens with two attached hydrogens (primary N) is 2. The molecule has 1 heterocycles. The summed E-state index contributed by atoms with van der Waals surface area (Å²) < 4.78 is 5.16. The zero-order valence-corrected chi connectivity index (χ0v) is 9.15. The molecule has 8 N–H and O–H groups in total. The maximum absolute atomic E-state index is 9.74. The number of aliphatic hydroxyl groups is 4. The SMILES string of the molecule is C[C@H](O)[C@H](N)[C@@H]1O[C@@](O)(CO)C[C@H](O)[C@@H]1N. The van der Waals surface area contributed by atoms with Crippen LogP contribution in [0, 0.1) is 0 Å². The third-order valence-electron chi connectivity index (χ3n) is 2.89. The Morgan fingerprint density at radius 1 is 1.56 bits per heavy atom. The lowest BCUT2D eigenvalue weighted by Crippen LogP contribution is -2.66. The second-order valence-electron chi connectivity index (χ2n) is 4.35. The molecule has 1 rings (SSSR count). The van der Waals surface area contributed by atoms with E-state index in [4.69, 9.17) is 21.3 Å². The average Bonchev–Trinajstić information content (AvgIpc) is 2.22. The van der Waals surface area contributed by atoms with Gasteiger partial charge in [-0.05, 0) is 6.92 Å². The fraction of sp³-hybridized carbons (Fsp3) is 1.00. The predicted molar refractivity (Wildman–Crippen MR) is 55.2 cm³/mol. The molecule has 0 saturated carbocycles. The number of hydrogen-bond donors (Lipinski definition) is 6. The lowest BCUT2D eigenvalue weighted by molar-refractivity contribution is -0.296. The number of aliphatic hydroxyl groups excluding tert-OH is 3. The molecule has 0 aromatic carbocycles. The monoisotopic (exact) mass is 236 g/mol. The van der Waals surface area contributed by atoms with Gasteiger partial charge in [0.2, 0.25) is 0 Å². The van der Waals surface area contributed by atoms with Crippen molar-refractivity contribution in [3.8, 4) is 0 Å². The number of ether oxygens (including phenoxy) is 1. The number of hydrogen-bond acceptors (Lipinski definition) is 7. The molecule has 0 aliphatic carbocycles. The first kappa shape index (κ1) is 13.8. The van der Waals surface area contributed by atoms with Crippen molar-refractivity contribution in [3.63, 3.8) is 0 Å². The second kappa shape index (κ2) is 4.92. The van der Waals surface area contributed by atoms with Gasteiger partial charge in [-0.15, -0.1) is 0 Å². The van der Waals surface area contributed by atoms with Gasteiger partial charge in [0.15, 0.2) is 5.79 Å². The van der Waals surface area contributed by atoms with E-state index in [0.717, 1.165) is 0 Å². The third-order valence-corrected chi connectivity index (χ3v) is 2.89. The van der Waals surface area contributed by atoms with E-state index in [1.165, 1.54) is 6.92 Å². The Bertz CT molecular complexity index is 236. The van der Waals surface area contributed by atoms with Gasteiger partial charge >= 0.3 is 0 Å². The lowest BCUT2D eigenvalue weighted by atomic mass is 9.89. The molecule has 0 aromatic rings. The minimum atomic E-state index is -1.85. The Kier molecular flexibility index (Phi) is 4.24. The van der Waals surface area contributed by atoms with Crippen LogP contribution in [0.1, 0.15) is 13.3 Å². The minimum absolute atomic E-state index is 0.187. The quantitative estimate of drug-likeness (QED) is 0.304. The molecule has 0 unspecified atom stereocenters. The minimum Gasteiger partial charge on any atom is -0.392 e. The molecule has 1 aliphatic rings. The summed E-state index contributed by atoms with van der Waals surface area (Å²) >= 11 is 0. The predicted octanol–water partition coefficient (Wildman–Crippen LogP) is -3.15. The van der Waals surface area contributed by atoms with Crippen molar-refractivity contribution < 1.29 is 25.2 Å². The van der Waals surface area contributed by atoms with Gasteiger partial charge in [0, 0.05) is 6.42 Å². The van der Waals surface area contributed by atoms with Crippen LogP contribution < -0.4 is 11.5 Å². The molecule has 1 saturated heterocycles. The first-order valence-corrected chi connectivity index (χ1v) is 5.19. The molecule has 96 valence electrons. The van der Waals surface area contributed by atoms with Crippen molar-refractivity contribution in [2.75, 3.05) is 6.61 Å². The van der Waals surface area contributed by atoms with Crippen LogP contribution in [-0.2, 0) is 4.74 Å². The highest BCUT2D eigenvalue weighted by atomic mass is 16.6. The van der Waals surface area contributed by atoms with Crippen LogP contribution in [0.2, 0.25) is 0 Å². The Morgan fingerprint density at radius 3 is 2.56 bits per heavy atom. The standard InChI is InChI=1S/C9H20N2O5/c1-4(13)6(10)8-7(11)5(14)2-9(15,3-12)16-8/h4-8,12-15H,2-3,10-11H2,1H3/t4-,5-,6-,7-,8-,9+/m0/s1. The summed E-state index contributed by atoms with van der Waals surface area (Å²) in [5.74, 6) is -1.85. The molecule has 0 radical (unpaired) electrons. The Balaban J connectivity index is 2.82. The van der Waals surface area contributed by atoms with Crippen LogP contribution in [-0.4, -0.2) is 63.2 Å². The van der Waals surface area contributed by atoms with Crippen LogP contribution in [0.3, 0.4) is 0 Å². The zero-order valence-electron chi connectivity index (χ0n) is 9.15. The van der Waals surface area contributed by atoms with Gasteiger partial charge in [-0.1, -0.05) is 0 Å².